The average Bonchev–Trinajstić information content (AvgIpc) is 2.78. The van der Waals surface area contributed by atoms with Gasteiger partial charge in [0.1, 0.15) is 0 Å². The van der Waals surface area contributed by atoms with Crippen molar-refractivity contribution in [1.29, 1.82) is 5.26 Å². The van der Waals surface area contributed by atoms with E-state index in [0.29, 0.717) is 18.9 Å². The van der Waals surface area contributed by atoms with E-state index in [0.717, 1.165) is 12.8 Å². The van der Waals surface area contributed by atoms with E-state index in [4.69, 9.17) is 5.26 Å². The van der Waals surface area contributed by atoms with Crippen molar-refractivity contribution in [3.8, 4) is 6.07 Å². The van der Waals surface area contributed by atoms with Gasteiger partial charge in [-0.1, -0.05) is 6.92 Å². The number of hydrogen-bond donors (Lipinski definition) is 0. The second-order valence-electron chi connectivity index (χ2n) is 6.36. The van der Waals surface area contributed by atoms with E-state index in [1.165, 1.54) is 4.90 Å². The van der Waals surface area contributed by atoms with Crippen molar-refractivity contribution < 1.29 is 9.59 Å². The summed E-state index contributed by atoms with van der Waals surface area (Å²) in [4.78, 5) is 25.7. The Morgan fingerprint density at radius 2 is 1.78 bits per heavy atom. The molecule has 0 aromatic rings. The topological polar surface area (TPSA) is 61.2 Å². The molecule has 1 aliphatic carbocycles. The van der Waals surface area contributed by atoms with Crippen molar-refractivity contribution in [2.45, 2.75) is 40.0 Å². The Bertz CT molecular complexity index is 398. The van der Waals surface area contributed by atoms with Crippen molar-refractivity contribution in [2.75, 3.05) is 6.54 Å². The van der Waals surface area contributed by atoms with Gasteiger partial charge < -0.3 is 0 Å². The number of carbonyl (C=O) groups excluding carboxylic acids is 2. The lowest BCUT2D eigenvalue weighted by Crippen LogP contribution is -2.35. The van der Waals surface area contributed by atoms with Crippen molar-refractivity contribution in [2.24, 2.45) is 23.2 Å². The molecule has 2 aliphatic rings. The number of imide groups is 1. The van der Waals surface area contributed by atoms with Gasteiger partial charge in [-0.3, -0.25) is 14.5 Å². The third-order valence-corrected chi connectivity index (χ3v) is 4.23. The van der Waals surface area contributed by atoms with Crippen LogP contribution in [0.5, 0.6) is 0 Å². The minimum Gasteiger partial charge on any atom is -0.282 e. The van der Waals surface area contributed by atoms with E-state index in [1.807, 2.05) is 13.8 Å². The normalized spacial score (nSPS) is 31.7. The summed E-state index contributed by atoms with van der Waals surface area (Å²) >= 11 is 0. The van der Waals surface area contributed by atoms with Gasteiger partial charge in [-0.2, -0.15) is 5.26 Å². The second kappa shape index (κ2) is 4.38. The summed E-state index contributed by atoms with van der Waals surface area (Å²) in [7, 11) is 0. The highest BCUT2D eigenvalue weighted by molar-refractivity contribution is 6.05. The maximum Gasteiger partial charge on any atom is 0.233 e. The summed E-state index contributed by atoms with van der Waals surface area (Å²) in [6.07, 6.45) is 2.23. The second-order valence-corrected chi connectivity index (χ2v) is 6.36. The fourth-order valence-electron chi connectivity index (χ4n) is 3.01. The smallest absolute Gasteiger partial charge is 0.233 e. The Hall–Kier alpha value is -1.37. The van der Waals surface area contributed by atoms with Gasteiger partial charge in [-0.05, 0) is 39.0 Å². The molecule has 2 atom stereocenters. The molecule has 0 N–H and O–H groups in total. The number of likely N-dealkylation sites (tertiary alicyclic amines) is 1. The van der Waals surface area contributed by atoms with Gasteiger partial charge in [0.25, 0.3) is 0 Å². The number of carbonyl (C=O) groups is 2. The van der Waals surface area contributed by atoms with E-state index in [9.17, 15) is 9.59 Å². The van der Waals surface area contributed by atoms with Gasteiger partial charge in [-0.25, -0.2) is 0 Å². The molecule has 0 spiro atoms. The fourth-order valence-corrected chi connectivity index (χ4v) is 3.01. The lowest BCUT2D eigenvalue weighted by atomic mass is 9.91. The Morgan fingerprint density at radius 1 is 1.28 bits per heavy atom. The van der Waals surface area contributed by atoms with Gasteiger partial charge in [-0.15, -0.1) is 0 Å². The molecular formula is C14H20N2O2. The largest absolute Gasteiger partial charge is 0.282 e. The van der Waals surface area contributed by atoms with E-state index < -0.39 is 5.41 Å². The molecule has 2 rings (SSSR count). The van der Waals surface area contributed by atoms with Crippen molar-refractivity contribution in [3.05, 3.63) is 0 Å². The first-order chi connectivity index (χ1) is 8.35. The molecule has 1 saturated heterocycles. The molecule has 18 heavy (non-hydrogen) atoms. The Morgan fingerprint density at radius 3 is 2.22 bits per heavy atom. The molecule has 2 unspecified atom stereocenters. The Labute approximate surface area is 108 Å². The van der Waals surface area contributed by atoms with Crippen molar-refractivity contribution in [1.82, 2.24) is 4.90 Å². The highest BCUT2D eigenvalue weighted by Crippen LogP contribution is 2.43. The van der Waals surface area contributed by atoms with E-state index >= 15 is 0 Å². The minimum absolute atomic E-state index is 0.0110. The third-order valence-electron chi connectivity index (χ3n) is 4.23. The maximum absolute atomic E-state index is 12.2. The first-order valence-corrected chi connectivity index (χ1v) is 6.62. The SMILES string of the molecule is CC1CC2C(=O)N(CCC(C)(C)C#N)C(=O)C2C1. The number of hydrogen-bond acceptors (Lipinski definition) is 3. The van der Waals surface area contributed by atoms with Crippen LogP contribution in [-0.2, 0) is 9.59 Å². The van der Waals surface area contributed by atoms with Gasteiger partial charge in [0.05, 0.1) is 23.3 Å². The maximum atomic E-state index is 12.2. The minimum atomic E-state index is -0.481. The Kier molecular flexibility index (Phi) is 3.18. The van der Waals surface area contributed by atoms with Crippen LogP contribution in [0.25, 0.3) is 0 Å². The van der Waals surface area contributed by atoms with Crippen LogP contribution in [0.4, 0.5) is 0 Å². The number of nitrogens with zero attached hydrogens (tertiary/aromatic N) is 2. The Balaban J connectivity index is 2.03. The summed E-state index contributed by atoms with van der Waals surface area (Å²) in [5.41, 5.74) is -0.481. The zero-order valence-electron chi connectivity index (χ0n) is 11.3. The monoisotopic (exact) mass is 248 g/mol. The highest BCUT2D eigenvalue weighted by Gasteiger charge is 2.51. The molecule has 1 saturated carbocycles. The summed E-state index contributed by atoms with van der Waals surface area (Å²) in [6.45, 7) is 6.16. The van der Waals surface area contributed by atoms with Crippen LogP contribution in [0, 0.1) is 34.5 Å². The molecule has 2 amide bonds. The van der Waals surface area contributed by atoms with Crippen molar-refractivity contribution in [3.63, 3.8) is 0 Å². The van der Waals surface area contributed by atoms with Crippen LogP contribution in [0.15, 0.2) is 0 Å². The zero-order chi connectivity index (χ0) is 13.5. The number of amides is 2. The molecule has 0 aromatic carbocycles. The highest BCUT2D eigenvalue weighted by atomic mass is 16.2. The molecular weight excluding hydrogens is 228 g/mol. The zero-order valence-corrected chi connectivity index (χ0v) is 11.3. The molecule has 4 nitrogen and oxygen atoms in total. The van der Waals surface area contributed by atoms with Crippen molar-refractivity contribution >= 4 is 11.8 Å². The van der Waals surface area contributed by atoms with Crippen LogP contribution in [0.2, 0.25) is 0 Å². The fraction of sp³-hybridized carbons (Fsp3) is 0.786. The summed E-state index contributed by atoms with van der Waals surface area (Å²) < 4.78 is 0. The predicted octanol–water partition coefficient (Wildman–Crippen LogP) is 1.96. The van der Waals surface area contributed by atoms with Crippen LogP contribution in [0.3, 0.4) is 0 Å². The lowest BCUT2D eigenvalue weighted by molar-refractivity contribution is -0.140. The van der Waals surface area contributed by atoms with Gasteiger partial charge in [0.15, 0.2) is 0 Å². The van der Waals surface area contributed by atoms with Gasteiger partial charge in [0.2, 0.25) is 11.8 Å². The number of fused-ring (bicyclic) bond motifs is 1. The quantitative estimate of drug-likeness (QED) is 0.717. The summed E-state index contributed by atoms with van der Waals surface area (Å²) in [6, 6.07) is 2.20. The van der Waals surface area contributed by atoms with E-state index in [2.05, 4.69) is 13.0 Å². The van der Waals surface area contributed by atoms with Crippen LogP contribution in [0.1, 0.15) is 40.0 Å². The van der Waals surface area contributed by atoms with Crippen LogP contribution >= 0.6 is 0 Å². The summed E-state index contributed by atoms with van der Waals surface area (Å²) in [5.74, 6) is 0.284. The average molecular weight is 248 g/mol. The predicted molar refractivity (Wildman–Crippen MR) is 66.1 cm³/mol. The molecule has 0 radical (unpaired) electrons. The first-order valence-electron chi connectivity index (χ1n) is 6.62. The van der Waals surface area contributed by atoms with Crippen LogP contribution < -0.4 is 0 Å². The molecule has 0 bridgehead atoms. The summed E-state index contributed by atoms with van der Waals surface area (Å²) in [5, 5.41) is 8.96. The standard InChI is InChI=1S/C14H20N2O2/c1-9-6-10-11(7-9)13(18)16(12(10)17)5-4-14(2,3)8-15/h9-11H,4-7H2,1-3H3. The van der Waals surface area contributed by atoms with Gasteiger partial charge in [0, 0.05) is 6.54 Å². The van der Waals surface area contributed by atoms with E-state index in [-0.39, 0.29) is 23.7 Å². The third kappa shape index (κ3) is 2.14. The number of nitriles is 1. The lowest BCUT2D eigenvalue weighted by Gasteiger charge is -2.21. The van der Waals surface area contributed by atoms with Gasteiger partial charge >= 0.3 is 0 Å². The molecule has 98 valence electrons. The van der Waals surface area contributed by atoms with E-state index in [1.54, 1.807) is 0 Å². The number of rotatable bonds is 3. The molecule has 2 fully saturated rings. The molecule has 0 aromatic heterocycles. The molecule has 4 heteroatoms. The molecule has 1 heterocycles. The molecule has 1 aliphatic heterocycles. The van der Waals surface area contributed by atoms with Crippen LogP contribution in [-0.4, -0.2) is 23.3 Å². The first kappa shape index (κ1) is 13.1.